The van der Waals surface area contributed by atoms with Crippen molar-refractivity contribution < 1.29 is 19.1 Å². The molecule has 0 radical (unpaired) electrons. The Morgan fingerprint density at radius 3 is 1.92 bits per heavy atom. The lowest BCUT2D eigenvalue weighted by molar-refractivity contribution is 0.0368. The molecular formula is C17H32N2O4S. The quantitative estimate of drug-likeness (QED) is 0.527. The molecule has 0 aliphatic heterocycles. The fraction of sp³-hybridized carbons (Fsp3) is 0.824. The van der Waals surface area contributed by atoms with Crippen LogP contribution in [0.5, 0.6) is 0 Å². The van der Waals surface area contributed by atoms with Crippen LogP contribution in [0.1, 0.15) is 61.8 Å². The minimum absolute atomic E-state index is 0.277. The Bertz CT molecular complexity index is 462. The Labute approximate surface area is 150 Å². The Hall–Kier alpha value is -1.24. The molecule has 0 heterocycles. The summed E-state index contributed by atoms with van der Waals surface area (Å²) in [7, 11) is 0. The van der Waals surface area contributed by atoms with E-state index in [0.29, 0.717) is 12.5 Å². The average molecular weight is 361 g/mol. The predicted octanol–water partition coefficient (Wildman–Crippen LogP) is 4.92. The van der Waals surface area contributed by atoms with Gasteiger partial charge in [0, 0.05) is 6.54 Å². The zero-order valence-electron chi connectivity index (χ0n) is 16.4. The third kappa shape index (κ3) is 10.5. The van der Waals surface area contributed by atoms with Crippen molar-refractivity contribution in [3.8, 4) is 0 Å². The SMILES string of the molecule is CS/C(=N\C(=O)OC(C)(C)C)N(CCC(C)C)C(=O)OC(C)(C)C. The Morgan fingerprint density at radius 1 is 1.04 bits per heavy atom. The first kappa shape index (κ1) is 22.8. The van der Waals surface area contributed by atoms with E-state index in [1.54, 1.807) is 47.8 Å². The second kappa shape index (κ2) is 9.30. The summed E-state index contributed by atoms with van der Waals surface area (Å²) in [5.74, 6) is 0.402. The van der Waals surface area contributed by atoms with Crippen molar-refractivity contribution in [3.05, 3.63) is 0 Å². The van der Waals surface area contributed by atoms with Crippen LogP contribution in [-0.2, 0) is 9.47 Å². The second-order valence-electron chi connectivity index (χ2n) is 7.89. The first-order valence-electron chi connectivity index (χ1n) is 8.11. The van der Waals surface area contributed by atoms with Gasteiger partial charge >= 0.3 is 12.2 Å². The zero-order chi connectivity index (χ0) is 19.1. The van der Waals surface area contributed by atoms with Crippen LogP contribution in [0.2, 0.25) is 0 Å². The molecule has 0 fully saturated rings. The van der Waals surface area contributed by atoms with E-state index in [1.165, 1.54) is 16.7 Å². The standard InChI is InChI=1S/C17H32N2O4S/c1-12(2)10-11-19(15(21)23-17(6,7)8)13(24-9)18-14(20)22-16(3,4)5/h12H,10-11H2,1-9H3/b18-13-. The van der Waals surface area contributed by atoms with Gasteiger partial charge in [0.15, 0.2) is 5.17 Å². The summed E-state index contributed by atoms with van der Waals surface area (Å²) in [6.45, 7) is 15.3. The normalized spacial score (nSPS) is 13.0. The molecule has 0 rings (SSSR count). The average Bonchev–Trinajstić information content (AvgIpc) is 2.32. The lowest BCUT2D eigenvalue weighted by atomic mass is 10.1. The number of hydrogen-bond donors (Lipinski definition) is 0. The Morgan fingerprint density at radius 2 is 1.54 bits per heavy atom. The topological polar surface area (TPSA) is 68.2 Å². The van der Waals surface area contributed by atoms with Gasteiger partial charge in [0.05, 0.1) is 0 Å². The van der Waals surface area contributed by atoms with Gasteiger partial charge in [-0.2, -0.15) is 4.99 Å². The molecule has 2 amide bonds. The van der Waals surface area contributed by atoms with Gasteiger partial charge in [-0.1, -0.05) is 25.6 Å². The van der Waals surface area contributed by atoms with Crippen molar-refractivity contribution >= 4 is 29.1 Å². The Kier molecular flexibility index (Phi) is 8.82. The first-order chi connectivity index (χ1) is 10.7. The molecule has 0 aromatic carbocycles. The van der Waals surface area contributed by atoms with Crippen molar-refractivity contribution in [2.24, 2.45) is 10.9 Å². The van der Waals surface area contributed by atoms with E-state index >= 15 is 0 Å². The number of amidine groups is 1. The molecule has 0 unspecified atom stereocenters. The summed E-state index contributed by atoms with van der Waals surface area (Å²) in [6.07, 6.45) is 1.30. The molecule has 0 aromatic rings. The molecule has 0 spiro atoms. The van der Waals surface area contributed by atoms with Crippen LogP contribution in [0.4, 0.5) is 9.59 Å². The predicted molar refractivity (Wildman–Crippen MR) is 99.6 cm³/mol. The molecule has 0 aliphatic carbocycles. The van der Waals surface area contributed by atoms with Gasteiger partial charge in [0.2, 0.25) is 0 Å². The molecule has 7 heteroatoms. The molecule has 0 atom stereocenters. The van der Waals surface area contributed by atoms with Crippen molar-refractivity contribution in [1.29, 1.82) is 0 Å². The number of hydrogen-bond acceptors (Lipinski definition) is 5. The van der Waals surface area contributed by atoms with Gasteiger partial charge in [-0.3, -0.25) is 4.90 Å². The number of ether oxygens (including phenoxy) is 2. The summed E-state index contributed by atoms with van der Waals surface area (Å²) in [4.78, 5) is 29.8. The number of rotatable bonds is 3. The summed E-state index contributed by atoms with van der Waals surface area (Å²) >= 11 is 1.21. The summed E-state index contributed by atoms with van der Waals surface area (Å²) in [5.41, 5.74) is -1.26. The molecule has 6 nitrogen and oxygen atoms in total. The monoisotopic (exact) mass is 360 g/mol. The number of carbonyl (C=O) groups is 2. The summed E-state index contributed by atoms with van der Waals surface area (Å²) in [5, 5.41) is 0.277. The molecule has 0 bridgehead atoms. The molecule has 0 aromatic heterocycles. The first-order valence-corrected chi connectivity index (χ1v) is 9.34. The van der Waals surface area contributed by atoms with E-state index in [0.717, 1.165) is 6.42 Å². The van der Waals surface area contributed by atoms with E-state index in [2.05, 4.69) is 18.8 Å². The molecule has 0 saturated heterocycles. The van der Waals surface area contributed by atoms with E-state index in [4.69, 9.17) is 9.47 Å². The summed E-state index contributed by atoms with van der Waals surface area (Å²) in [6, 6.07) is 0. The highest BCUT2D eigenvalue weighted by molar-refractivity contribution is 8.13. The maximum absolute atomic E-state index is 12.5. The molecule has 0 saturated carbocycles. The highest BCUT2D eigenvalue weighted by Gasteiger charge is 2.27. The largest absolute Gasteiger partial charge is 0.443 e. The lowest BCUT2D eigenvalue weighted by Gasteiger charge is -2.28. The molecule has 140 valence electrons. The number of nitrogens with zero attached hydrogens (tertiary/aromatic N) is 2. The van der Waals surface area contributed by atoms with Gasteiger partial charge in [0.1, 0.15) is 11.2 Å². The maximum atomic E-state index is 12.5. The number of amides is 2. The molecular weight excluding hydrogens is 328 g/mol. The van der Waals surface area contributed by atoms with Gasteiger partial charge in [0.25, 0.3) is 0 Å². The minimum Gasteiger partial charge on any atom is -0.443 e. The fourth-order valence-corrected chi connectivity index (χ4v) is 2.10. The van der Waals surface area contributed by atoms with Gasteiger partial charge in [-0.05, 0) is 60.1 Å². The van der Waals surface area contributed by atoms with E-state index in [-0.39, 0.29) is 5.17 Å². The van der Waals surface area contributed by atoms with Gasteiger partial charge < -0.3 is 9.47 Å². The third-order valence-electron chi connectivity index (χ3n) is 2.54. The fourth-order valence-electron chi connectivity index (χ4n) is 1.55. The summed E-state index contributed by atoms with van der Waals surface area (Å²) < 4.78 is 10.6. The minimum atomic E-state index is -0.718. The highest BCUT2D eigenvalue weighted by Crippen LogP contribution is 2.17. The molecule has 0 aliphatic rings. The lowest BCUT2D eigenvalue weighted by Crippen LogP contribution is -2.41. The van der Waals surface area contributed by atoms with Crippen LogP contribution in [0.15, 0.2) is 4.99 Å². The van der Waals surface area contributed by atoms with Crippen molar-refractivity contribution in [2.75, 3.05) is 12.8 Å². The molecule has 24 heavy (non-hydrogen) atoms. The smallest absolute Gasteiger partial charge is 0.436 e. The van der Waals surface area contributed by atoms with Crippen LogP contribution in [0.3, 0.4) is 0 Å². The van der Waals surface area contributed by atoms with Crippen LogP contribution in [0, 0.1) is 5.92 Å². The highest BCUT2D eigenvalue weighted by atomic mass is 32.2. The van der Waals surface area contributed by atoms with Crippen LogP contribution >= 0.6 is 11.8 Å². The van der Waals surface area contributed by atoms with Crippen LogP contribution in [-0.4, -0.2) is 46.3 Å². The van der Waals surface area contributed by atoms with Crippen LogP contribution in [0.25, 0.3) is 0 Å². The van der Waals surface area contributed by atoms with E-state index in [9.17, 15) is 9.59 Å². The van der Waals surface area contributed by atoms with Crippen molar-refractivity contribution in [3.63, 3.8) is 0 Å². The van der Waals surface area contributed by atoms with Crippen molar-refractivity contribution in [1.82, 2.24) is 4.90 Å². The zero-order valence-corrected chi connectivity index (χ0v) is 17.2. The van der Waals surface area contributed by atoms with Crippen molar-refractivity contribution in [2.45, 2.75) is 73.0 Å². The van der Waals surface area contributed by atoms with Crippen LogP contribution < -0.4 is 0 Å². The number of carbonyl (C=O) groups excluding carboxylic acids is 2. The third-order valence-corrected chi connectivity index (χ3v) is 3.21. The number of aliphatic imine (C=N–C) groups is 1. The van der Waals surface area contributed by atoms with E-state index < -0.39 is 23.4 Å². The number of thioether (sulfide) groups is 1. The molecule has 0 N–H and O–H groups in total. The second-order valence-corrected chi connectivity index (χ2v) is 8.67. The van der Waals surface area contributed by atoms with Gasteiger partial charge in [-0.25, -0.2) is 9.59 Å². The Balaban J connectivity index is 5.39. The maximum Gasteiger partial charge on any atom is 0.436 e. The van der Waals surface area contributed by atoms with Gasteiger partial charge in [-0.15, -0.1) is 0 Å². The van der Waals surface area contributed by atoms with E-state index in [1.807, 2.05) is 0 Å².